The second-order valence-corrected chi connectivity index (χ2v) is 6.40. The molecule has 1 unspecified atom stereocenters. The van der Waals surface area contributed by atoms with Gasteiger partial charge in [-0.2, -0.15) is 5.26 Å². The Kier molecular flexibility index (Phi) is 4.85. The number of pyridine rings is 1. The molecule has 0 saturated carbocycles. The van der Waals surface area contributed by atoms with Gasteiger partial charge in [-0.25, -0.2) is 4.98 Å². The lowest BCUT2D eigenvalue weighted by Gasteiger charge is -2.38. The minimum atomic E-state index is -0.473. The number of carbonyl (C=O) groups is 1. The SMILES string of the molecule is Cc1ccc(CC(Nc2ncccc2N)C(=O)N2CC(C#N)C2)cc1. The zero-order valence-electron chi connectivity index (χ0n) is 14.1. The molecular weight excluding hydrogens is 314 g/mol. The number of benzene rings is 1. The lowest BCUT2D eigenvalue weighted by Crippen LogP contribution is -2.55. The molecule has 0 spiro atoms. The maximum absolute atomic E-state index is 12.9. The minimum absolute atomic E-state index is 0.0304. The van der Waals surface area contributed by atoms with Gasteiger partial charge in [0.1, 0.15) is 11.9 Å². The Bertz CT molecular complexity index is 790. The number of aryl methyl sites for hydroxylation is 1. The number of hydrogen-bond acceptors (Lipinski definition) is 5. The van der Waals surface area contributed by atoms with Crippen LogP contribution in [-0.2, 0) is 11.2 Å². The second-order valence-electron chi connectivity index (χ2n) is 6.40. The van der Waals surface area contributed by atoms with Gasteiger partial charge in [0.15, 0.2) is 0 Å². The topological polar surface area (TPSA) is 95.0 Å². The zero-order chi connectivity index (χ0) is 17.8. The molecule has 0 aliphatic carbocycles. The Morgan fingerprint density at radius 2 is 2.12 bits per heavy atom. The highest BCUT2D eigenvalue weighted by Gasteiger charge is 2.34. The third kappa shape index (κ3) is 3.89. The number of aromatic nitrogens is 1. The summed E-state index contributed by atoms with van der Waals surface area (Å²) in [5, 5.41) is 12.1. The summed E-state index contributed by atoms with van der Waals surface area (Å²) >= 11 is 0. The summed E-state index contributed by atoms with van der Waals surface area (Å²) in [6, 6.07) is 13.3. The molecule has 1 atom stereocenters. The first-order valence-corrected chi connectivity index (χ1v) is 8.28. The van der Waals surface area contributed by atoms with Gasteiger partial charge in [0.2, 0.25) is 5.91 Å². The minimum Gasteiger partial charge on any atom is -0.396 e. The van der Waals surface area contributed by atoms with Crippen molar-refractivity contribution in [2.75, 3.05) is 24.1 Å². The van der Waals surface area contributed by atoms with Crippen LogP contribution in [0.15, 0.2) is 42.6 Å². The van der Waals surface area contributed by atoms with Crippen molar-refractivity contribution in [3.8, 4) is 6.07 Å². The number of carbonyl (C=O) groups excluding carboxylic acids is 1. The van der Waals surface area contributed by atoms with Crippen LogP contribution in [0.1, 0.15) is 11.1 Å². The van der Waals surface area contributed by atoms with E-state index in [-0.39, 0.29) is 11.8 Å². The van der Waals surface area contributed by atoms with Gasteiger partial charge in [0.05, 0.1) is 17.7 Å². The van der Waals surface area contributed by atoms with Crippen LogP contribution in [0.2, 0.25) is 0 Å². The molecule has 6 heteroatoms. The molecule has 1 saturated heterocycles. The highest BCUT2D eigenvalue weighted by atomic mass is 16.2. The van der Waals surface area contributed by atoms with E-state index in [0.29, 0.717) is 31.0 Å². The molecule has 1 fully saturated rings. The number of nitrogen functional groups attached to an aromatic ring is 1. The fourth-order valence-electron chi connectivity index (χ4n) is 2.82. The van der Waals surface area contributed by atoms with E-state index in [1.807, 2.05) is 31.2 Å². The van der Waals surface area contributed by atoms with Gasteiger partial charge in [-0.1, -0.05) is 29.8 Å². The number of rotatable bonds is 5. The van der Waals surface area contributed by atoms with Crippen LogP contribution in [0.3, 0.4) is 0 Å². The van der Waals surface area contributed by atoms with Crippen LogP contribution in [0.25, 0.3) is 0 Å². The maximum atomic E-state index is 12.9. The molecule has 1 aliphatic heterocycles. The van der Waals surface area contributed by atoms with Gasteiger partial charge in [0.25, 0.3) is 0 Å². The Hall–Kier alpha value is -3.07. The van der Waals surface area contributed by atoms with Crippen LogP contribution in [-0.4, -0.2) is 34.9 Å². The average Bonchev–Trinajstić information content (AvgIpc) is 2.57. The summed E-state index contributed by atoms with van der Waals surface area (Å²) in [6.45, 7) is 3.00. The summed E-state index contributed by atoms with van der Waals surface area (Å²) < 4.78 is 0. The number of likely N-dealkylation sites (tertiary alicyclic amines) is 1. The first kappa shape index (κ1) is 16.8. The summed E-state index contributed by atoms with van der Waals surface area (Å²) in [6.07, 6.45) is 2.17. The van der Waals surface area contributed by atoms with E-state index in [0.717, 1.165) is 5.56 Å². The molecule has 6 nitrogen and oxygen atoms in total. The molecule has 128 valence electrons. The van der Waals surface area contributed by atoms with Crippen LogP contribution < -0.4 is 11.1 Å². The maximum Gasteiger partial charge on any atom is 0.245 e. The molecule has 3 rings (SSSR count). The smallest absolute Gasteiger partial charge is 0.245 e. The average molecular weight is 335 g/mol. The van der Waals surface area contributed by atoms with Crippen molar-refractivity contribution in [2.45, 2.75) is 19.4 Å². The molecule has 3 N–H and O–H groups in total. The van der Waals surface area contributed by atoms with E-state index in [1.54, 1.807) is 23.2 Å². The Morgan fingerprint density at radius 1 is 1.40 bits per heavy atom. The van der Waals surface area contributed by atoms with Crippen molar-refractivity contribution < 1.29 is 4.79 Å². The number of hydrogen-bond donors (Lipinski definition) is 2. The third-order valence-electron chi connectivity index (χ3n) is 4.38. The molecule has 1 aromatic carbocycles. The molecule has 1 aromatic heterocycles. The molecule has 0 radical (unpaired) electrons. The predicted molar refractivity (Wildman–Crippen MR) is 96.6 cm³/mol. The number of nitriles is 1. The van der Waals surface area contributed by atoms with Gasteiger partial charge in [-0.05, 0) is 24.6 Å². The summed E-state index contributed by atoms with van der Waals surface area (Å²) in [5.74, 6) is 0.409. The molecule has 1 aliphatic rings. The lowest BCUT2D eigenvalue weighted by atomic mass is 9.98. The first-order chi connectivity index (χ1) is 12.1. The molecule has 2 heterocycles. The number of nitrogens with one attached hydrogen (secondary N) is 1. The predicted octanol–water partition coefficient (Wildman–Crippen LogP) is 1.98. The number of nitrogens with zero attached hydrogens (tertiary/aromatic N) is 3. The fourth-order valence-corrected chi connectivity index (χ4v) is 2.82. The Balaban J connectivity index is 1.78. The van der Waals surface area contributed by atoms with Crippen molar-refractivity contribution in [3.05, 3.63) is 53.7 Å². The monoisotopic (exact) mass is 335 g/mol. The van der Waals surface area contributed by atoms with Crippen molar-refractivity contribution >= 4 is 17.4 Å². The number of amides is 1. The highest BCUT2D eigenvalue weighted by Crippen LogP contribution is 2.21. The van der Waals surface area contributed by atoms with Crippen molar-refractivity contribution in [3.63, 3.8) is 0 Å². The van der Waals surface area contributed by atoms with Gasteiger partial charge in [0, 0.05) is 25.7 Å². The second kappa shape index (κ2) is 7.22. The van der Waals surface area contributed by atoms with Gasteiger partial charge < -0.3 is 16.0 Å². The third-order valence-corrected chi connectivity index (χ3v) is 4.38. The Labute approximate surface area is 147 Å². The number of anilines is 2. The van der Waals surface area contributed by atoms with Crippen LogP contribution >= 0.6 is 0 Å². The van der Waals surface area contributed by atoms with Crippen LogP contribution in [0.4, 0.5) is 11.5 Å². The molecule has 1 amide bonds. The van der Waals surface area contributed by atoms with Crippen LogP contribution in [0, 0.1) is 24.2 Å². The summed E-state index contributed by atoms with van der Waals surface area (Å²) in [5.41, 5.74) is 8.69. The normalized spacial score (nSPS) is 15.1. The molecule has 25 heavy (non-hydrogen) atoms. The lowest BCUT2D eigenvalue weighted by molar-refractivity contribution is -0.137. The standard InChI is InChI=1S/C19H21N5O/c1-13-4-6-14(7-5-13)9-17(19(25)24-11-15(10-20)12-24)23-18-16(21)3-2-8-22-18/h2-8,15,17H,9,11-12,21H2,1H3,(H,22,23). The van der Waals surface area contributed by atoms with Crippen LogP contribution in [0.5, 0.6) is 0 Å². The summed E-state index contributed by atoms with van der Waals surface area (Å²) in [7, 11) is 0. The van der Waals surface area contributed by atoms with E-state index >= 15 is 0 Å². The largest absolute Gasteiger partial charge is 0.396 e. The fraction of sp³-hybridized carbons (Fsp3) is 0.316. The number of nitrogens with two attached hydrogens (primary N) is 1. The zero-order valence-corrected chi connectivity index (χ0v) is 14.1. The molecular formula is C19H21N5O. The highest BCUT2D eigenvalue weighted by molar-refractivity contribution is 5.86. The van der Waals surface area contributed by atoms with E-state index < -0.39 is 6.04 Å². The van der Waals surface area contributed by atoms with E-state index in [4.69, 9.17) is 11.0 Å². The van der Waals surface area contributed by atoms with Crippen molar-refractivity contribution in [2.24, 2.45) is 5.92 Å². The van der Waals surface area contributed by atoms with Gasteiger partial charge in [-0.3, -0.25) is 4.79 Å². The quantitative estimate of drug-likeness (QED) is 0.871. The first-order valence-electron chi connectivity index (χ1n) is 8.28. The molecule has 0 bridgehead atoms. The van der Waals surface area contributed by atoms with Crippen molar-refractivity contribution in [1.29, 1.82) is 5.26 Å². The van der Waals surface area contributed by atoms with Crippen molar-refractivity contribution in [1.82, 2.24) is 9.88 Å². The van der Waals surface area contributed by atoms with E-state index in [2.05, 4.69) is 16.4 Å². The van der Waals surface area contributed by atoms with Gasteiger partial charge in [-0.15, -0.1) is 0 Å². The Morgan fingerprint density at radius 3 is 2.76 bits per heavy atom. The molecule has 2 aromatic rings. The van der Waals surface area contributed by atoms with Gasteiger partial charge >= 0.3 is 0 Å². The van der Waals surface area contributed by atoms with E-state index in [9.17, 15) is 4.79 Å². The summed E-state index contributed by atoms with van der Waals surface area (Å²) in [4.78, 5) is 18.8. The van der Waals surface area contributed by atoms with E-state index in [1.165, 1.54) is 5.56 Å².